The lowest BCUT2D eigenvalue weighted by atomic mass is 10.3. The summed E-state index contributed by atoms with van der Waals surface area (Å²) in [6, 6.07) is 10.0. The predicted molar refractivity (Wildman–Crippen MR) is 87.1 cm³/mol. The van der Waals surface area contributed by atoms with Gasteiger partial charge in [0.1, 0.15) is 5.82 Å². The number of hydrogen-bond donors (Lipinski definition) is 1. The van der Waals surface area contributed by atoms with Crippen LogP contribution in [0.25, 0.3) is 5.69 Å². The molecule has 0 unspecified atom stereocenters. The Bertz CT molecular complexity index is 737. The second-order valence-corrected chi connectivity index (χ2v) is 5.53. The lowest BCUT2D eigenvalue weighted by molar-refractivity contribution is 0.201. The first kappa shape index (κ1) is 14.7. The highest BCUT2D eigenvalue weighted by molar-refractivity contribution is 7.09. The number of para-hydroxylation sites is 1. The molecule has 6 nitrogen and oxygen atoms in total. The van der Waals surface area contributed by atoms with Gasteiger partial charge in [0.15, 0.2) is 0 Å². The number of ether oxygens (including phenoxy) is 1. The summed E-state index contributed by atoms with van der Waals surface area (Å²) in [5.74, 6) is 0.794. The van der Waals surface area contributed by atoms with Crippen LogP contribution >= 0.6 is 11.5 Å². The van der Waals surface area contributed by atoms with Crippen molar-refractivity contribution in [3.63, 3.8) is 0 Å². The van der Waals surface area contributed by atoms with Crippen molar-refractivity contribution in [1.82, 2.24) is 19.1 Å². The Morgan fingerprint density at radius 3 is 2.86 bits per heavy atom. The quantitative estimate of drug-likeness (QED) is 0.757. The summed E-state index contributed by atoms with van der Waals surface area (Å²) in [6.07, 6.45) is 2.52. The fraction of sp³-hybridized carbons (Fsp3) is 0.267. The van der Waals surface area contributed by atoms with E-state index in [1.807, 2.05) is 41.9 Å². The number of hydrogen-bond acceptors (Lipinski definition) is 6. The Kier molecular flexibility index (Phi) is 4.45. The van der Waals surface area contributed by atoms with Gasteiger partial charge >= 0.3 is 0 Å². The number of rotatable bonds is 6. The summed E-state index contributed by atoms with van der Waals surface area (Å²) < 4.78 is 11.2. The van der Waals surface area contributed by atoms with Gasteiger partial charge in [0, 0.05) is 25.1 Å². The van der Waals surface area contributed by atoms with Crippen molar-refractivity contribution in [2.75, 3.05) is 19.0 Å². The number of aromatic nitrogens is 4. The molecule has 0 aliphatic rings. The predicted octanol–water partition coefficient (Wildman–Crippen LogP) is 2.96. The topological polar surface area (TPSA) is 64.9 Å². The van der Waals surface area contributed by atoms with E-state index < -0.39 is 0 Å². The first-order valence-corrected chi connectivity index (χ1v) is 7.74. The van der Waals surface area contributed by atoms with Crippen LogP contribution < -0.4 is 5.32 Å². The number of anilines is 2. The summed E-state index contributed by atoms with van der Waals surface area (Å²) in [5.41, 5.74) is 2.99. The van der Waals surface area contributed by atoms with Gasteiger partial charge in [-0.25, -0.2) is 9.67 Å². The molecular formula is C15H17N5OS. The van der Waals surface area contributed by atoms with E-state index in [2.05, 4.69) is 19.8 Å². The normalized spacial score (nSPS) is 10.8. The maximum atomic E-state index is 5.04. The zero-order valence-electron chi connectivity index (χ0n) is 12.5. The van der Waals surface area contributed by atoms with Gasteiger partial charge in [-0.3, -0.25) is 0 Å². The van der Waals surface area contributed by atoms with Crippen LogP contribution in [0.3, 0.4) is 0 Å². The SMILES string of the molecule is COCCc1nsc(Nc2cnn(-c3ccccc3)c2C)n1. The van der Waals surface area contributed by atoms with E-state index in [1.54, 1.807) is 13.3 Å². The maximum Gasteiger partial charge on any atom is 0.207 e. The molecule has 0 aliphatic carbocycles. The third-order valence-electron chi connectivity index (χ3n) is 3.25. The lowest BCUT2D eigenvalue weighted by Crippen LogP contribution is -1.99. The molecular weight excluding hydrogens is 298 g/mol. The number of nitrogens with one attached hydrogen (secondary N) is 1. The monoisotopic (exact) mass is 315 g/mol. The summed E-state index contributed by atoms with van der Waals surface area (Å²) in [4.78, 5) is 4.45. The minimum absolute atomic E-state index is 0.626. The standard InChI is InChI=1S/C15H17N5OS/c1-11-13(10-16-20(11)12-6-4-3-5-7-12)17-15-18-14(19-22-15)8-9-21-2/h3-7,10H,8-9H2,1-2H3,(H,17,18,19). The largest absolute Gasteiger partial charge is 0.384 e. The number of methoxy groups -OCH3 is 1. The third-order valence-corrected chi connectivity index (χ3v) is 3.92. The molecule has 0 amide bonds. The second-order valence-electron chi connectivity index (χ2n) is 4.77. The van der Waals surface area contributed by atoms with E-state index in [0.717, 1.165) is 34.4 Å². The molecule has 0 aliphatic heterocycles. The minimum atomic E-state index is 0.626. The average Bonchev–Trinajstić information content (AvgIpc) is 3.14. The number of benzene rings is 1. The molecule has 0 fully saturated rings. The Morgan fingerprint density at radius 2 is 2.09 bits per heavy atom. The fourth-order valence-electron chi connectivity index (χ4n) is 2.08. The van der Waals surface area contributed by atoms with Crippen LogP contribution in [-0.2, 0) is 11.2 Å². The van der Waals surface area contributed by atoms with E-state index in [0.29, 0.717) is 6.61 Å². The second kappa shape index (κ2) is 6.67. The first-order chi connectivity index (χ1) is 10.8. The summed E-state index contributed by atoms with van der Waals surface area (Å²) in [7, 11) is 1.67. The molecule has 114 valence electrons. The molecule has 0 radical (unpaired) electrons. The Labute approximate surface area is 132 Å². The first-order valence-electron chi connectivity index (χ1n) is 6.96. The van der Waals surface area contributed by atoms with E-state index in [1.165, 1.54) is 11.5 Å². The zero-order chi connectivity index (χ0) is 15.4. The van der Waals surface area contributed by atoms with Crippen LogP contribution in [0.1, 0.15) is 11.5 Å². The highest BCUT2D eigenvalue weighted by Gasteiger charge is 2.10. The highest BCUT2D eigenvalue weighted by Crippen LogP contribution is 2.23. The van der Waals surface area contributed by atoms with Crippen molar-refractivity contribution >= 4 is 22.4 Å². The highest BCUT2D eigenvalue weighted by atomic mass is 32.1. The number of nitrogens with zero attached hydrogens (tertiary/aromatic N) is 4. The Morgan fingerprint density at radius 1 is 1.27 bits per heavy atom. The molecule has 2 aromatic heterocycles. The lowest BCUT2D eigenvalue weighted by Gasteiger charge is -2.05. The molecule has 1 N–H and O–H groups in total. The summed E-state index contributed by atoms with van der Waals surface area (Å²) in [5, 5.41) is 8.47. The van der Waals surface area contributed by atoms with Gasteiger partial charge in [0.2, 0.25) is 5.13 Å². The Balaban J connectivity index is 1.76. The van der Waals surface area contributed by atoms with E-state index in [-0.39, 0.29) is 0 Å². The van der Waals surface area contributed by atoms with Crippen molar-refractivity contribution in [2.45, 2.75) is 13.3 Å². The van der Waals surface area contributed by atoms with Crippen molar-refractivity contribution in [2.24, 2.45) is 0 Å². The molecule has 0 saturated carbocycles. The van der Waals surface area contributed by atoms with Crippen LogP contribution in [0, 0.1) is 6.92 Å². The van der Waals surface area contributed by atoms with Gasteiger partial charge in [-0.1, -0.05) is 18.2 Å². The average molecular weight is 315 g/mol. The van der Waals surface area contributed by atoms with Gasteiger partial charge in [0.25, 0.3) is 0 Å². The van der Waals surface area contributed by atoms with Gasteiger partial charge in [0.05, 0.1) is 29.9 Å². The van der Waals surface area contributed by atoms with Crippen LogP contribution in [-0.4, -0.2) is 32.9 Å². The molecule has 0 bridgehead atoms. The van der Waals surface area contributed by atoms with E-state index in [9.17, 15) is 0 Å². The molecule has 22 heavy (non-hydrogen) atoms. The van der Waals surface area contributed by atoms with E-state index in [4.69, 9.17) is 4.74 Å². The molecule has 7 heteroatoms. The van der Waals surface area contributed by atoms with Gasteiger partial charge in [-0.15, -0.1) is 0 Å². The molecule has 0 atom stereocenters. The van der Waals surface area contributed by atoms with E-state index >= 15 is 0 Å². The van der Waals surface area contributed by atoms with Crippen LogP contribution in [0.5, 0.6) is 0 Å². The summed E-state index contributed by atoms with van der Waals surface area (Å²) in [6.45, 7) is 2.65. The zero-order valence-corrected chi connectivity index (χ0v) is 13.3. The van der Waals surface area contributed by atoms with Gasteiger partial charge in [-0.2, -0.15) is 9.47 Å². The van der Waals surface area contributed by atoms with Crippen molar-refractivity contribution in [1.29, 1.82) is 0 Å². The van der Waals surface area contributed by atoms with Crippen molar-refractivity contribution in [3.05, 3.63) is 48.0 Å². The smallest absolute Gasteiger partial charge is 0.207 e. The molecule has 3 rings (SSSR count). The van der Waals surface area contributed by atoms with Crippen LogP contribution in [0.2, 0.25) is 0 Å². The molecule has 0 saturated heterocycles. The minimum Gasteiger partial charge on any atom is -0.384 e. The van der Waals surface area contributed by atoms with Crippen molar-refractivity contribution in [3.8, 4) is 5.69 Å². The molecule has 2 heterocycles. The fourth-order valence-corrected chi connectivity index (χ4v) is 2.70. The third kappa shape index (κ3) is 3.15. The molecule has 3 aromatic rings. The summed E-state index contributed by atoms with van der Waals surface area (Å²) >= 11 is 1.34. The van der Waals surface area contributed by atoms with Crippen molar-refractivity contribution < 1.29 is 4.74 Å². The van der Waals surface area contributed by atoms with Gasteiger partial charge < -0.3 is 10.1 Å². The van der Waals surface area contributed by atoms with Crippen LogP contribution in [0.15, 0.2) is 36.5 Å². The molecule has 1 aromatic carbocycles. The Hall–Kier alpha value is -2.25. The van der Waals surface area contributed by atoms with Gasteiger partial charge in [-0.05, 0) is 19.1 Å². The molecule has 0 spiro atoms. The van der Waals surface area contributed by atoms with Crippen LogP contribution in [0.4, 0.5) is 10.8 Å². The maximum absolute atomic E-state index is 5.04.